The van der Waals surface area contributed by atoms with E-state index in [1.807, 2.05) is 0 Å². The van der Waals surface area contributed by atoms with E-state index in [2.05, 4.69) is 73.3 Å². The Morgan fingerprint density at radius 2 is 1.65 bits per heavy atom. The highest BCUT2D eigenvalue weighted by Gasteiger charge is 2.11. The maximum absolute atomic E-state index is 6.33. The normalized spacial score (nSPS) is 12.6. The zero-order valence-electron chi connectivity index (χ0n) is 12.4. The molecule has 1 atom stereocenters. The van der Waals surface area contributed by atoms with Gasteiger partial charge in [-0.05, 0) is 24.6 Å². The smallest absolute Gasteiger partial charge is 0.0424 e. The molecule has 2 aromatic rings. The molecule has 2 rings (SSSR count). The Labute approximate surface area is 122 Å². The molecule has 0 heterocycles. The second-order valence-corrected chi connectivity index (χ2v) is 5.33. The molecule has 2 aromatic carbocycles. The van der Waals surface area contributed by atoms with E-state index in [4.69, 9.17) is 5.73 Å². The maximum Gasteiger partial charge on any atom is 0.0424 e. The van der Waals surface area contributed by atoms with Crippen molar-refractivity contribution in [3.63, 3.8) is 0 Å². The average Bonchev–Trinajstić information content (AvgIpc) is 2.48. The SMILES string of the molecule is CCN(Cc1ccccc1)CC(N)c1ccc(C)cc1. The Hall–Kier alpha value is -1.64. The van der Waals surface area contributed by atoms with Crippen molar-refractivity contribution in [1.29, 1.82) is 0 Å². The Bertz CT molecular complexity index is 505. The number of hydrogen-bond acceptors (Lipinski definition) is 2. The molecule has 0 saturated carbocycles. The Morgan fingerprint density at radius 3 is 2.25 bits per heavy atom. The molecule has 1 unspecified atom stereocenters. The van der Waals surface area contributed by atoms with E-state index < -0.39 is 0 Å². The molecule has 0 amide bonds. The van der Waals surface area contributed by atoms with E-state index in [-0.39, 0.29) is 6.04 Å². The molecular weight excluding hydrogens is 244 g/mol. The molecule has 0 aliphatic heterocycles. The molecule has 0 aliphatic rings. The van der Waals surface area contributed by atoms with Gasteiger partial charge in [0.05, 0.1) is 0 Å². The van der Waals surface area contributed by atoms with E-state index in [1.165, 1.54) is 16.7 Å². The molecule has 2 nitrogen and oxygen atoms in total. The second kappa shape index (κ2) is 7.22. The van der Waals surface area contributed by atoms with Gasteiger partial charge in [0.2, 0.25) is 0 Å². The third-order valence-electron chi connectivity index (χ3n) is 3.66. The largest absolute Gasteiger partial charge is 0.323 e. The number of benzene rings is 2. The van der Waals surface area contributed by atoms with E-state index in [1.54, 1.807) is 0 Å². The van der Waals surface area contributed by atoms with Crippen molar-refractivity contribution in [2.24, 2.45) is 5.73 Å². The van der Waals surface area contributed by atoms with Crippen molar-refractivity contribution in [1.82, 2.24) is 4.90 Å². The number of aryl methyl sites for hydroxylation is 1. The van der Waals surface area contributed by atoms with E-state index in [9.17, 15) is 0 Å². The van der Waals surface area contributed by atoms with Gasteiger partial charge in [-0.2, -0.15) is 0 Å². The van der Waals surface area contributed by atoms with E-state index in [0.29, 0.717) is 0 Å². The van der Waals surface area contributed by atoms with Crippen LogP contribution in [0.4, 0.5) is 0 Å². The minimum atomic E-state index is 0.0688. The number of rotatable bonds is 6. The lowest BCUT2D eigenvalue weighted by atomic mass is 10.1. The third-order valence-corrected chi connectivity index (χ3v) is 3.66. The molecular formula is C18H24N2. The first-order valence-electron chi connectivity index (χ1n) is 7.27. The monoisotopic (exact) mass is 268 g/mol. The van der Waals surface area contributed by atoms with Crippen LogP contribution in [0.1, 0.15) is 29.7 Å². The van der Waals surface area contributed by atoms with Gasteiger partial charge in [-0.3, -0.25) is 4.90 Å². The standard InChI is InChI=1S/C18H24N2/c1-3-20(13-16-7-5-4-6-8-16)14-18(19)17-11-9-15(2)10-12-17/h4-12,18H,3,13-14,19H2,1-2H3. The summed E-state index contributed by atoms with van der Waals surface area (Å²) in [6.45, 7) is 7.13. The fraction of sp³-hybridized carbons (Fsp3) is 0.333. The molecule has 2 N–H and O–H groups in total. The number of likely N-dealkylation sites (N-methyl/N-ethyl adjacent to an activating group) is 1. The summed E-state index contributed by atoms with van der Waals surface area (Å²) in [6.07, 6.45) is 0. The van der Waals surface area contributed by atoms with Crippen LogP contribution in [0, 0.1) is 6.92 Å². The van der Waals surface area contributed by atoms with Crippen LogP contribution in [-0.2, 0) is 6.54 Å². The molecule has 0 fully saturated rings. The van der Waals surface area contributed by atoms with Crippen molar-refractivity contribution in [3.05, 3.63) is 71.3 Å². The molecule has 0 spiro atoms. The molecule has 0 saturated heterocycles. The minimum Gasteiger partial charge on any atom is -0.323 e. The molecule has 0 radical (unpaired) electrons. The van der Waals surface area contributed by atoms with Crippen LogP contribution in [0.5, 0.6) is 0 Å². The summed E-state index contributed by atoms with van der Waals surface area (Å²) in [7, 11) is 0. The summed E-state index contributed by atoms with van der Waals surface area (Å²) in [5, 5.41) is 0. The van der Waals surface area contributed by atoms with Crippen molar-refractivity contribution in [2.75, 3.05) is 13.1 Å². The summed E-state index contributed by atoms with van der Waals surface area (Å²) < 4.78 is 0. The fourth-order valence-corrected chi connectivity index (χ4v) is 2.34. The van der Waals surface area contributed by atoms with Crippen molar-refractivity contribution in [2.45, 2.75) is 26.4 Å². The summed E-state index contributed by atoms with van der Waals surface area (Å²) in [5.74, 6) is 0. The molecule has 0 bridgehead atoms. The Balaban J connectivity index is 1.97. The maximum atomic E-state index is 6.33. The predicted molar refractivity (Wildman–Crippen MR) is 85.5 cm³/mol. The van der Waals surface area contributed by atoms with Gasteiger partial charge < -0.3 is 5.73 Å². The molecule has 106 valence electrons. The highest BCUT2D eigenvalue weighted by Crippen LogP contribution is 2.14. The Morgan fingerprint density at radius 1 is 1.00 bits per heavy atom. The van der Waals surface area contributed by atoms with Gasteiger partial charge in [0, 0.05) is 19.1 Å². The van der Waals surface area contributed by atoms with Gasteiger partial charge in [-0.15, -0.1) is 0 Å². The van der Waals surface area contributed by atoms with Crippen LogP contribution < -0.4 is 5.73 Å². The van der Waals surface area contributed by atoms with Crippen LogP contribution in [0.2, 0.25) is 0 Å². The van der Waals surface area contributed by atoms with Gasteiger partial charge in [0.25, 0.3) is 0 Å². The summed E-state index contributed by atoms with van der Waals surface area (Å²) >= 11 is 0. The van der Waals surface area contributed by atoms with Gasteiger partial charge in [-0.25, -0.2) is 0 Å². The lowest BCUT2D eigenvalue weighted by Gasteiger charge is -2.24. The average molecular weight is 268 g/mol. The lowest BCUT2D eigenvalue weighted by Crippen LogP contribution is -2.31. The zero-order valence-corrected chi connectivity index (χ0v) is 12.4. The first kappa shape index (κ1) is 14.8. The van der Waals surface area contributed by atoms with Gasteiger partial charge in [0.1, 0.15) is 0 Å². The highest BCUT2D eigenvalue weighted by molar-refractivity contribution is 5.24. The van der Waals surface area contributed by atoms with Crippen molar-refractivity contribution in [3.8, 4) is 0 Å². The van der Waals surface area contributed by atoms with Crippen LogP contribution in [-0.4, -0.2) is 18.0 Å². The first-order valence-corrected chi connectivity index (χ1v) is 7.27. The van der Waals surface area contributed by atoms with Crippen molar-refractivity contribution >= 4 is 0 Å². The Kier molecular flexibility index (Phi) is 5.33. The minimum absolute atomic E-state index is 0.0688. The number of nitrogens with two attached hydrogens (primary N) is 1. The van der Waals surface area contributed by atoms with Gasteiger partial charge in [-0.1, -0.05) is 67.1 Å². The number of nitrogens with zero attached hydrogens (tertiary/aromatic N) is 1. The summed E-state index contributed by atoms with van der Waals surface area (Å²) in [6, 6.07) is 19.2. The molecule has 20 heavy (non-hydrogen) atoms. The van der Waals surface area contributed by atoms with Gasteiger partial charge >= 0.3 is 0 Å². The second-order valence-electron chi connectivity index (χ2n) is 5.33. The van der Waals surface area contributed by atoms with Crippen LogP contribution >= 0.6 is 0 Å². The van der Waals surface area contributed by atoms with Gasteiger partial charge in [0.15, 0.2) is 0 Å². The van der Waals surface area contributed by atoms with E-state index in [0.717, 1.165) is 19.6 Å². The summed E-state index contributed by atoms with van der Waals surface area (Å²) in [4.78, 5) is 2.39. The lowest BCUT2D eigenvalue weighted by molar-refractivity contribution is 0.262. The van der Waals surface area contributed by atoms with Crippen LogP contribution in [0.15, 0.2) is 54.6 Å². The topological polar surface area (TPSA) is 29.3 Å². The van der Waals surface area contributed by atoms with Crippen LogP contribution in [0.3, 0.4) is 0 Å². The van der Waals surface area contributed by atoms with E-state index >= 15 is 0 Å². The molecule has 0 aliphatic carbocycles. The fourth-order valence-electron chi connectivity index (χ4n) is 2.34. The van der Waals surface area contributed by atoms with Crippen LogP contribution in [0.25, 0.3) is 0 Å². The van der Waals surface area contributed by atoms with Crippen molar-refractivity contribution < 1.29 is 0 Å². The third kappa shape index (κ3) is 4.19. The highest BCUT2D eigenvalue weighted by atomic mass is 15.1. The predicted octanol–water partition coefficient (Wildman–Crippen LogP) is 3.52. The first-order chi connectivity index (χ1) is 9.69. The quantitative estimate of drug-likeness (QED) is 0.868. The molecule has 2 heteroatoms. The molecule has 0 aromatic heterocycles. The number of hydrogen-bond donors (Lipinski definition) is 1. The summed E-state index contributed by atoms with van der Waals surface area (Å²) in [5.41, 5.74) is 10.2. The zero-order chi connectivity index (χ0) is 14.4.